The van der Waals surface area contributed by atoms with Crippen molar-refractivity contribution in [3.63, 3.8) is 0 Å². The van der Waals surface area contributed by atoms with Crippen LogP contribution >= 0.6 is 0 Å². The second-order valence-electron chi connectivity index (χ2n) is 7.96. The summed E-state index contributed by atoms with van der Waals surface area (Å²) in [6.45, 7) is 3.59. The van der Waals surface area contributed by atoms with Crippen molar-refractivity contribution in [3.05, 3.63) is 48.5 Å². The van der Waals surface area contributed by atoms with Crippen molar-refractivity contribution in [1.29, 1.82) is 0 Å². The first kappa shape index (κ1) is 23.6. The van der Waals surface area contributed by atoms with Crippen LogP contribution in [0.1, 0.15) is 45.4 Å². The predicted molar refractivity (Wildman–Crippen MR) is 127 cm³/mol. The molecule has 1 heterocycles. The number of amides is 2. The Kier molecular flexibility index (Phi) is 9.37. The summed E-state index contributed by atoms with van der Waals surface area (Å²) < 4.78 is 11.3. The lowest BCUT2D eigenvalue weighted by molar-refractivity contribution is -0.116. The topological polar surface area (TPSA) is 88.7 Å². The average molecular weight is 440 g/mol. The lowest BCUT2D eigenvalue weighted by Crippen LogP contribution is -2.21. The molecule has 1 unspecified atom stereocenters. The highest BCUT2D eigenvalue weighted by atomic mass is 16.5. The number of hydrogen-bond donors (Lipinski definition) is 3. The van der Waals surface area contributed by atoms with E-state index in [1.807, 2.05) is 48.5 Å². The molecule has 3 N–H and O–H groups in total. The van der Waals surface area contributed by atoms with Crippen molar-refractivity contribution >= 4 is 28.9 Å². The first-order chi connectivity index (χ1) is 15.6. The summed E-state index contributed by atoms with van der Waals surface area (Å²) in [7, 11) is 0. The van der Waals surface area contributed by atoms with Crippen LogP contribution in [0.15, 0.2) is 48.5 Å². The fourth-order valence-electron chi connectivity index (χ4n) is 3.45. The monoisotopic (exact) mass is 439 g/mol. The zero-order valence-electron chi connectivity index (χ0n) is 18.7. The van der Waals surface area contributed by atoms with Gasteiger partial charge < -0.3 is 25.4 Å². The van der Waals surface area contributed by atoms with Gasteiger partial charge in [-0.05, 0) is 61.7 Å². The number of unbranched alkanes of at least 4 members (excludes halogenated alkanes) is 2. The highest BCUT2D eigenvalue weighted by Crippen LogP contribution is 2.19. The average Bonchev–Trinajstić information content (AvgIpc) is 3.31. The molecule has 172 valence electrons. The third-order valence-corrected chi connectivity index (χ3v) is 5.20. The Morgan fingerprint density at radius 3 is 2.53 bits per heavy atom. The van der Waals surface area contributed by atoms with Crippen molar-refractivity contribution < 1.29 is 19.1 Å². The molecule has 0 aromatic heterocycles. The Hall–Kier alpha value is -3.06. The summed E-state index contributed by atoms with van der Waals surface area (Å²) >= 11 is 0. The molecular formula is C25H33N3O4. The van der Waals surface area contributed by atoms with Crippen molar-refractivity contribution in [2.45, 2.75) is 51.6 Å². The maximum atomic E-state index is 12.3. The molecule has 0 bridgehead atoms. The summed E-state index contributed by atoms with van der Waals surface area (Å²) in [5.41, 5.74) is 2.19. The first-order valence-electron chi connectivity index (χ1n) is 11.4. The second kappa shape index (κ2) is 12.7. The number of anilines is 3. The molecule has 7 nitrogen and oxygen atoms in total. The van der Waals surface area contributed by atoms with E-state index in [0.717, 1.165) is 55.8 Å². The van der Waals surface area contributed by atoms with E-state index < -0.39 is 0 Å². The molecule has 2 aromatic rings. The summed E-state index contributed by atoms with van der Waals surface area (Å²) in [4.78, 5) is 24.3. The molecule has 2 amide bonds. The van der Waals surface area contributed by atoms with Crippen LogP contribution in [0.5, 0.6) is 5.75 Å². The maximum absolute atomic E-state index is 12.3. The van der Waals surface area contributed by atoms with Gasteiger partial charge >= 0.3 is 0 Å². The molecule has 1 aliphatic rings. The molecule has 1 fully saturated rings. The van der Waals surface area contributed by atoms with Crippen LogP contribution in [0.3, 0.4) is 0 Å². The molecule has 0 spiro atoms. The lowest BCUT2D eigenvalue weighted by atomic mass is 10.2. The minimum atomic E-state index is -0.160. The van der Waals surface area contributed by atoms with Crippen LogP contribution in [-0.4, -0.2) is 37.7 Å². The SMILES string of the molecule is CCCCCC(=O)Nc1cccc(NCC(=O)Nc2ccc(OCC3CCCO3)cc2)c1. The van der Waals surface area contributed by atoms with Crippen LogP contribution in [0.2, 0.25) is 0 Å². The standard InChI is InChI=1S/C25H33N3O4/c1-2-3-4-10-24(29)28-21-8-5-7-20(16-21)26-17-25(30)27-19-11-13-22(14-12-19)32-18-23-9-6-15-31-23/h5,7-8,11-14,16,23,26H,2-4,6,9-10,15,17-18H2,1H3,(H,27,30)(H,28,29). The van der Waals surface area contributed by atoms with E-state index in [1.54, 1.807) is 0 Å². The summed E-state index contributed by atoms with van der Waals surface area (Å²) in [5.74, 6) is 0.605. The van der Waals surface area contributed by atoms with Gasteiger partial charge in [0.25, 0.3) is 0 Å². The fourth-order valence-corrected chi connectivity index (χ4v) is 3.45. The highest BCUT2D eigenvalue weighted by Gasteiger charge is 2.16. The number of benzene rings is 2. The van der Waals surface area contributed by atoms with Gasteiger partial charge in [0.05, 0.1) is 12.6 Å². The van der Waals surface area contributed by atoms with Crippen LogP contribution in [0, 0.1) is 0 Å². The smallest absolute Gasteiger partial charge is 0.243 e. The second-order valence-corrected chi connectivity index (χ2v) is 7.96. The molecular weight excluding hydrogens is 406 g/mol. The van der Waals surface area contributed by atoms with Crippen LogP contribution in [0.4, 0.5) is 17.1 Å². The number of nitrogens with one attached hydrogen (secondary N) is 3. The maximum Gasteiger partial charge on any atom is 0.243 e. The summed E-state index contributed by atoms with van der Waals surface area (Å²) in [5, 5.41) is 8.86. The molecule has 1 atom stereocenters. The van der Waals surface area contributed by atoms with Crippen molar-refractivity contribution in [2.24, 2.45) is 0 Å². The van der Waals surface area contributed by atoms with E-state index in [0.29, 0.717) is 18.7 Å². The molecule has 7 heteroatoms. The van der Waals surface area contributed by atoms with Crippen LogP contribution < -0.4 is 20.7 Å². The van der Waals surface area contributed by atoms with Gasteiger partial charge in [0, 0.05) is 30.1 Å². The summed E-state index contributed by atoms with van der Waals surface area (Å²) in [6, 6.07) is 14.7. The van der Waals surface area contributed by atoms with E-state index in [-0.39, 0.29) is 24.5 Å². The van der Waals surface area contributed by atoms with Crippen molar-refractivity contribution in [2.75, 3.05) is 35.7 Å². The van der Waals surface area contributed by atoms with Gasteiger partial charge in [-0.15, -0.1) is 0 Å². The molecule has 3 rings (SSSR count). The van der Waals surface area contributed by atoms with Gasteiger partial charge in [-0.2, -0.15) is 0 Å². The Morgan fingerprint density at radius 2 is 1.78 bits per heavy atom. The predicted octanol–water partition coefficient (Wildman–Crippen LogP) is 4.81. The van der Waals surface area contributed by atoms with Gasteiger partial charge in [0.1, 0.15) is 12.4 Å². The third-order valence-electron chi connectivity index (χ3n) is 5.20. The van der Waals surface area contributed by atoms with E-state index in [4.69, 9.17) is 9.47 Å². The number of hydrogen-bond acceptors (Lipinski definition) is 5. The Labute approximate surface area is 189 Å². The van der Waals surface area contributed by atoms with E-state index in [9.17, 15) is 9.59 Å². The molecule has 1 aliphatic heterocycles. The van der Waals surface area contributed by atoms with Gasteiger partial charge in [-0.1, -0.05) is 25.8 Å². The van der Waals surface area contributed by atoms with E-state index >= 15 is 0 Å². The lowest BCUT2D eigenvalue weighted by Gasteiger charge is -2.12. The van der Waals surface area contributed by atoms with E-state index in [1.165, 1.54) is 0 Å². The van der Waals surface area contributed by atoms with Gasteiger partial charge in [0.2, 0.25) is 11.8 Å². The molecule has 1 saturated heterocycles. The first-order valence-corrected chi connectivity index (χ1v) is 11.4. The molecule has 2 aromatic carbocycles. The molecule has 32 heavy (non-hydrogen) atoms. The fraction of sp³-hybridized carbons (Fsp3) is 0.440. The highest BCUT2D eigenvalue weighted by molar-refractivity contribution is 5.94. The Bertz CT molecular complexity index is 864. The number of rotatable bonds is 12. The molecule has 0 aliphatic carbocycles. The number of carbonyl (C=O) groups excluding carboxylic acids is 2. The zero-order valence-corrected chi connectivity index (χ0v) is 18.7. The van der Waals surface area contributed by atoms with Gasteiger partial charge in [-0.25, -0.2) is 0 Å². The van der Waals surface area contributed by atoms with Crippen LogP contribution in [0.25, 0.3) is 0 Å². The molecule has 0 saturated carbocycles. The normalized spacial score (nSPS) is 15.2. The van der Waals surface area contributed by atoms with E-state index in [2.05, 4.69) is 22.9 Å². The zero-order chi connectivity index (χ0) is 22.6. The minimum absolute atomic E-state index is 0.0107. The third kappa shape index (κ3) is 8.23. The number of carbonyl (C=O) groups is 2. The number of ether oxygens (including phenoxy) is 2. The minimum Gasteiger partial charge on any atom is -0.491 e. The Balaban J connectivity index is 1.40. The van der Waals surface area contributed by atoms with Gasteiger partial charge in [-0.3, -0.25) is 9.59 Å². The van der Waals surface area contributed by atoms with Gasteiger partial charge in [0.15, 0.2) is 0 Å². The van der Waals surface area contributed by atoms with Crippen molar-refractivity contribution in [1.82, 2.24) is 0 Å². The quantitative estimate of drug-likeness (QED) is 0.413. The van der Waals surface area contributed by atoms with Crippen molar-refractivity contribution in [3.8, 4) is 5.75 Å². The Morgan fingerprint density at radius 1 is 1.00 bits per heavy atom. The largest absolute Gasteiger partial charge is 0.491 e. The van der Waals surface area contributed by atoms with Crippen LogP contribution in [-0.2, 0) is 14.3 Å². The molecule has 0 radical (unpaired) electrons. The summed E-state index contributed by atoms with van der Waals surface area (Å²) in [6.07, 6.45) is 5.85.